The van der Waals surface area contributed by atoms with Crippen molar-refractivity contribution in [3.8, 4) is 0 Å². The maximum atomic E-state index is 12.6. The summed E-state index contributed by atoms with van der Waals surface area (Å²) in [6, 6.07) is 14.4. The Kier molecular flexibility index (Phi) is 3.63. The van der Waals surface area contributed by atoms with Crippen molar-refractivity contribution in [3.63, 3.8) is 0 Å². The zero-order valence-electron chi connectivity index (χ0n) is 13.6. The van der Waals surface area contributed by atoms with Crippen LogP contribution in [-0.4, -0.2) is 34.5 Å². The Balaban J connectivity index is 1.78. The van der Waals surface area contributed by atoms with Gasteiger partial charge in [-0.25, -0.2) is 4.79 Å². The van der Waals surface area contributed by atoms with Crippen LogP contribution in [-0.2, 0) is 9.59 Å². The number of rotatable bonds is 4. The maximum Gasteiger partial charge on any atom is 0.329 e. The summed E-state index contributed by atoms with van der Waals surface area (Å²) in [5.74, 6) is -0.995. The smallest absolute Gasteiger partial charge is 0.329 e. The van der Waals surface area contributed by atoms with Crippen LogP contribution >= 0.6 is 0 Å². The third-order valence-electron chi connectivity index (χ3n) is 5.00. The summed E-state index contributed by atoms with van der Waals surface area (Å²) in [6.45, 7) is 3.11. The third-order valence-corrected chi connectivity index (χ3v) is 5.00. The standard InChI is InChI=1S/C19H21NO3/c1-19(2,18(22)23)20(3)17(21)16-11-15(16)14-9-8-12-6-4-5-7-13(12)10-14/h4-10,15-16H,11H2,1-3H3,(H,22,23). The molecule has 0 radical (unpaired) electrons. The molecule has 2 aromatic carbocycles. The highest BCUT2D eigenvalue weighted by molar-refractivity contribution is 5.90. The minimum Gasteiger partial charge on any atom is -0.480 e. The molecular weight excluding hydrogens is 290 g/mol. The molecule has 0 aromatic heterocycles. The molecule has 4 heteroatoms. The van der Waals surface area contributed by atoms with Crippen LogP contribution in [0.5, 0.6) is 0 Å². The van der Waals surface area contributed by atoms with E-state index in [1.165, 1.54) is 15.7 Å². The zero-order valence-corrected chi connectivity index (χ0v) is 13.6. The van der Waals surface area contributed by atoms with Crippen LogP contribution in [0.4, 0.5) is 0 Å². The van der Waals surface area contributed by atoms with Gasteiger partial charge < -0.3 is 10.0 Å². The molecule has 4 nitrogen and oxygen atoms in total. The number of carboxylic acid groups (broad SMARTS) is 1. The molecule has 0 spiro atoms. The van der Waals surface area contributed by atoms with Crippen LogP contribution in [0.15, 0.2) is 42.5 Å². The lowest BCUT2D eigenvalue weighted by Crippen LogP contribution is -2.51. The van der Waals surface area contributed by atoms with Gasteiger partial charge in [0.25, 0.3) is 0 Å². The molecule has 1 amide bonds. The van der Waals surface area contributed by atoms with Crippen molar-refractivity contribution in [2.75, 3.05) is 7.05 Å². The number of fused-ring (bicyclic) bond motifs is 1. The SMILES string of the molecule is CN(C(=O)C1CC1c1ccc2ccccc2c1)C(C)(C)C(=O)O. The van der Waals surface area contributed by atoms with E-state index < -0.39 is 11.5 Å². The van der Waals surface area contributed by atoms with Crippen LogP contribution in [0.3, 0.4) is 0 Å². The van der Waals surface area contributed by atoms with Crippen molar-refractivity contribution >= 4 is 22.6 Å². The van der Waals surface area contributed by atoms with Gasteiger partial charge in [-0.15, -0.1) is 0 Å². The number of nitrogens with zero attached hydrogens (tertiary/aromatic N) is 1. The molecule has 3 rings (SSSR count). The van der Waals surface area contributed by atoms with Crippen LogP contribution < -0.4 is 0 Å². The first kappa shape index (κ1) is 15.5. The zero-order chi connectivity index (χ0) is 16.8. The largest absolute Gasteiger partial charge is 0.480 e. The first-order valence-electron chi connectivity index (χ1n) is 7.82. The quantitative estimate of drug-likeness (QED) is 0.943. The average molecular weight is 311 g/mol. The van der Waals surface area contributed by atoms with Gasteiger partial charge in [0.1, 0.15) is 5.54 Å². The summed E-state index contributed by atoms with van der Waals surface area (Å²) in [5, 5.41) is 11.6. The molecule has 120 valence electrons. The Morgan fingerprint density at radius 3 is 2.43 bits per heavy atom. The van der Waals surface area contributed by atoms with E-state index in [1.54, 1.807) is 20.9 Å². The van der Waals surface area contributed by atoms with Gasteiger partial charge in [-0.05, 0) is 42.5 Å². The topological polar surface area (TPSA) is 57.6 Å². The van der Waals surface area contributed by atoms with Gasteiger partial charge in [-0.1, -0.05) is 42.5 Å². The number of likely N-dealkylation sites (N-methyl/N-ethyl adjacent to an activating group) is 1. The molecule has 0 bridgehead atoms. The second kappa shape index (κ2) is 5.37. The van der Waals surface area contributed by atoms with Gasteiger partial charge in [-0.2, -0.15) is 0 Å². The van der Waals surface area contributed by atoms with Crippen molar-refractivity contribution in [2.24, 2.45) is 5.92 Å². The van der Waals surface area contributed by atoms with E-state index in [0.717, 1.165) is 12.0 Å². The molecule has 0 saturated heterocycles. The molecule has 2 atom stereocenters. The summed E-state index contributed by atoms with van der Waals surface area (Å²) < 4.78 is 0. The number of benzene rings is 2. The van der Waals surface area contributed by atoms with Gasteiger partial charge in [0.05, 0.1) is 0 Å². The highest BCUT2D eigenvalue weighted by atomic mass is 16.4. The number of hydrogen-bond donors (Lipinski definition) is 1. The predicted molar refractivity (Wildman–Crippen MR) is 89.3 cm³/mol. The van der Waals surface area contributed by atoms with E-state index in [4.69, 9.17) is 0 Å². The number of carbonyl (C=O) groups excluding carboxylic acids is 1. The summed E-state index contributed by atoms with van der Waals surface area (Å²) in [6.07, 6.45) is 0.789. The molecule has 1 saturated carbocycles. The molecule has 2 unspecified atom stereocenters. The highest BCUT2D eigenvalue weighted by Gasteiger charge is 2.48. The van der Waals surface area contributed by atoms with E-state index in [2.05, 4.69) is 30.3 Å². The van der Waals surface area contributed by atoms with E-state index in [-0.39, 0.29) is 17.7 Å². The number of carbonyl (C=O) groups is 2. The maximum absolute atomic E-state index is 12.6. The van der Waals surface area contributed by atoms with Gasteiger partial charge in [-0.3, -0.25) is 4.79 Å². The Labute approximate surface area is 135 Å². The molecule has 1 aliphatic rings. The number of amides is 1. The minimum absolute atomic E-state index is 0.0874. The van der Waals surface area contributed by atoms with Crippen LogP contribution in [0.25, 0.3) is 10.8 Å². The molecule has 1 N–H and O–H groups in total. The normalized spacial score (nSPS) is 20.3. The Bertz CT molecular complexity index is 781. The molecular formula is C19H21NO3. The van der Waals surface area contributed by atoms with E-state index in [1.807, 2.05) is 12.1 Å². The van der Waals surface area contributed by atoms with Gasteiger partial charge >= 0.3 is 5.97 Å². The van der Waals surface area contributed by atoms with Crippen molar-refractivity contribution in [1.29, 1.82) is 0 Å². The first-order valence-corrected chi connectivity index (χ1v) is 7.82. The fourth-order valence-corrected chi connectivity index (χ4v) is 2.94. The molecule has 0 aliphatic heterocycles. The second-order valence-corrected chi connectivity index (χ2v) is 6.82. The minimum atomic E-state index is -1.19. The molecule has 0 heterocycles. The lowest BCUT2D eigenvalue weighted by Gasteiger charge is -2.31. The summed E-state index contributed by atoms with van der Waals surface area (Å²) in [7, 11) is 1.58. The number of carboxylic acids is 1. The number of aliphatic carboxylic acids is 1. The third kappa shape index (κ3) is 2.69. The molecule has 23 heavy (non-hydrogen) atoms. The van der Waals surface area contributed by atoms with Gasteiger partial charge in [0.15, 0.2) is 0 Å². The lowest BCUT2D eigenvalue weighted by molar-refractivity contribution is -0.155. The lowest BCUT2D eigenvalue weighted by atomic mass is 10.0. The molecule has 1 fully saturated rings. The molecule has 2 aromatic rings. The highest BCUT2D eigenvalue weighted by Crippen LogP contribution is 2.49. The fraction of sp³-hybridized carbons (Fsp3) is 0.368. The van der Waals surface area contributed by atoms with Crippen molar-refractivity contribution in [1.82, 2.24) is 4.90 Å². The van der Waals surface area contributed by atoms with Crippen LogP contribution in [0, 0.1) is 5.92 Å². The Morgan fingerprint density at radius 1 is 1.13 bits per heavy atom. The average Bonchev–Trinajstić information content (AvgIpc) is 3.33. The van der Waals surface area contributed by atoms with Crippen molar-refractivity contribution < 1.29 is 14.7 Å². The first-order chi connectivity index (χ1) is 10.8. The van der Waals surface area contributed by atoms with Crippen LogP contribution in [0.2, 0.25) is 0 Å². The van der Waals surface area contributed by atoms with E-state index in [0.29, 0.717) is 0 Å². The van der Waals surface area contributed by atoms with Crippen molar-refractivity contribution in [3.05, 3.63) is 48.0 Å². The van der Waals surface area contributed by atoms with E-state index in [9.17, 15) is 14.7 Å². The second-order valence-electron chi connectivity index (χ2n) is 6.82. The van der Waals surface area contributed by atoms with Crippen LogP contribution in [0.1, 0.15) is 31.7 Å². The monoisotopic (exact) mass is 311 g/mol. The number of hydrogen-bond acceptors (Lipinski definition) is 2. The Hall–Kier alpha value is -2.36. The Morgan fingerprint density at radius 2 is 1.78 bits per heavy atom. The fourth-order valence-electron chi connectivity index (χ4n) is 2.94. The summed E-state index contributed by atoms with van der Waals surface area (Å²) in [5.41, 5.74) is -0.0308. The summed E-state index contributed by atoms with van der Waals surface area (Å²) in [4.78, 5) is 25.2. The van der Waals surface area contributed by atoms with Gasteiger partial charge in [0.2, 0.25) is 5.91 Å². The van der Waals surface area contributed by atoms with E-state index >= 15 is 0 Å². The van der Waals surface area contributed by atoms with Gasteiger partial charge in [0, 0.05) is 13.0 Å². The summed E-state index contributed by atoms with van der Waals surface area (Å²) >= 11 is 0. The van der Waals surface area contributed by atoms with Crippen molar-refractivity contribution in [2.45, 2.75) is 31.7 Å². The molecule has 1 aliphatic carbocycles. The predicted octanol–water partition coefficient (Wildman–Crippen LogP) is 3.26.